The highest BCUT2D eigenvalue weighted by molar-refractivity contribution is 5.76. The molecular formula is C15H28N2O. The second kappa shape index (κ2) is 5.60. The molecule has 1 saturated carbocycles. The van der Waals surface area contributed by atoms with E-state index >= 15 is 0 Å². The van der Waals surface area contributed by atoms with E-state index in [0.29, 0.717) is 5.91 Å². The van der Waals surface area contributed by atoms with Crippen LogP contribution in [-0.2, 0) is 4.79 Å². The summed E-state index contributed by atoms with van der Waals surface area (Å²) in [5, 5.41) is 0. The van der Waals surface area contributed by atoms with Crippen molar-refractivity contribution in [3.05, 3.63) is 0 Å². The molecule has 1 saturated heterocycles. The van der Waals surface area contributed by atoms with E-state index in [0.717, 1.165) is 38.3 Å². The zero-order valence-electron chi connectivity index (χ0n) is 12.0. The van der Waals surface area contributed by atoms with Crippen LogP contribution in [0.2, 0.25) is 0 Å². The molecule has 2 fully saturated rings. The lowest BCUT2D eigenvalue weighted by molar-refractivity contribution is -0.134. The van der Waals surface area contributed by atoms with Crippen molar-refractivity contribution in [1.29, 1.82) is 0 Å². The molecule has 1 atom stereocenters. The largest absolute Gasteiger partial charge is 0.341 e. The third kappa shape index (κ3) is 3.25. The number of likely N-dealkylation sites (tertiary alicyclic amines) is 1. The number of piperidine rings is 1. The summed E-state index contributed by atoms with van der Waals surface area (Å²) >= 11 is 0. The molecular weight excluding hydrogens is 224 g/mol. The van der Waals surface area contributed by atoms with Gasteiger partial charge in [-0.15, -0.1) is 0 Å². The Balaban J connectivity index is 1.76. The van der Waals surface area contributed by atoms with E-state index in [2.05, 4.69) is 13.8 Å². The molecule has 1 aliphatic carbocycles. The summed E-state index contributed by atoms with van der Waals surface area (Å²) < 4.78 is 0. The summed E-state index contributed by atoms with van der Waals surface area (Å²) in [6, 6.07) is 0.127. The van der Waals surface area contributed by atoms with Crippen molar-refractivity contribution in [2.75, 3.05) is 13.1 Å². The Morgan fingerprint density at radius 3 is 2.61 bits per heavy atom. The SMILES string of the molecule is CC1(C)CCN(C(=O)CCC2CCCC2)CC1N. The van der Waals surface area contributed by atoms with Gasteiger partial charge in [0.2, 0.25) is 5.91 Å². The fourth-order valence-corrected chi connectivity index (χ4v) is 3.20. The number of carbonyl (C=O) groups excluding carboxylic acids is 1. The predicted molar refractivity (Wildman–Crippen MR) is 74.1 cm³/mol. The molecule has 2 rings (SSSR count). The van der Waals surface area contributed by atoms with Gasteiger partial charge in [-0.1, -0.05) is 39.5 Å². The topological polar surface area (TPSA) is 46.3 Å². The van der Waals surface area contributed by atoms with Gasteiger partial charge in [0.05, 0.1) is 0 Å². The molecule has 1 aliphatic heterocycles. The van der Waals surface area contributed by atoms with Crippen molar-refractivity contribution in [2.24, 2.45) is 17.1 Å². The summed E-state index contributed by atoms with van der Waals surface area (Å²) in [4.78, 5) is 14.2. The van der Waals surface area contributed by atoms with Crippen LogP contribution in [0.3, 0.4) is 0 Å². The average Bonchev–Trinajstić information content (AvgIpc) is 2.82. The lowest BCUT2D eigenvalue weighted by Gasteiger charge is -2.42. The van der Waals surface area contributed by atoms with E-state index in [1.165, 1.54) is 25.7 Å². The van der Waals surface area contributed by atoms with Crippen LogP contribution in [0.5, 0.6) is 0 Å². The standard InChI is InChI=1S/C15H28N2O/c1-15(2)9-10-17(11-13(15)16)14(18)8-7-12-5-3-4-6-12/h12-13H,3-11,16H2,1-2H3. The zero-order valence-corrected chi connectivity index (χ0v) is 12.0. The van der Waals surface area contributed by atoms with Gasteiger partial charge in [-0.3, -0.25) is 4.79 Å². The number of rotatable bonds is 3. The highest BCUT2D eigenvalue weighted by Gasteiger charge is 2.34. The summed E-state index contributed by atoms with van der Waals surface area (Å²) in [6.45, 7) is 6.05. The maximum atomic E-state index is 12.2. The first-order chi connectivity index (χ1) is 8.49. The van der Waals surface area contributed by atoms with Crippen molar-refractivity contribution in [3.63, 3.8) is 0 Å². The Kier molecular flexibility index (Phi) is 4.31. The van der Waals surface area contributed by atoms with Crippen molar-refractivity contribution < 1.29 is 4.79 Å². The van der Waals surface area contributed by atoms with Crippen LogP contribution in [0.15, 0.2) is 0 Å². The van der Waals surface area contributed by atoms with Gasteiger partial charge in [-0.05, 0) is 24.2 Å². The lowest BCUT2D eigenvalue weighted by atomic mass is 9.78. The highest BCUT2D eigenvalue weighted by atomic mass is 16.2. The summed E-state index contributed by atoms with van der Waals surface area (Å²) in [6.07, 6.45) is 8.25. The smallest absolute Gasteiger partial charge is 0.222 e. The second-order valence-corrected chi connectivity index (χ2v) is 6.87. The molecule has 0 radical (unpaired) electrons. The quantitative estimate of drug-likeness (QED) is 0.839. The molecule has 2 N–H and O–H groups in total. The minimum Gasteiger partial charge on any atom is -0.341 e. The van der Waals surface area contributed by atoms with Crippen molar-refractivity contribution in [1.82, 2.24) is 4.90 Å². The fraction of sp³-hybridized carbons (Fsp3) is 0.933. The molecule has 3 heteroatoms. The molecule has 2 aliphatic rings. The van der Waals surface area contributed by atoms with Gasteiger partial charge in [-0.2, -0.15) is 0 Å². The number of nitrogens with two attached hydrogens (primary N) is 1. The minimum atomic E-state index is 0.127. The summed E-state index contributed by atoms with van der Waals surface area (Å²) in [5.74, 6) is 1.14. The number of amides is 1. The molecule has 3 nitrogen and oxygen atoms in total. The molecule has 0 spiro atoms. The van der Waals surface area contributed by atoms with Crippen LogP contribution in [-0.4, -0.2) is 29.9 Å². The first kappa shape index (κ1) is 13.9. The Morgan fingerprint density at radius 1 is 1.33 bits per heavy atom. The molecule has 1 heterocycles. The number of nitrogens with zero attached hydrogens (tertiary/aromatic N) is 1. The Morgan fingerprint density at radius 2 is 2.00 bits per heavy atom. The van der Waals surface area contributed by atoms with Crippen LogP contribution < -0.4 is 5.73 Å². The van der Waals surface area contributed by atoms with E-state index in [9.17, 15) is 4.79 Å². The van der Waals surface area contributed by atoms with Crippen LogP contribution in [0.25, 0.3) is 0 Å². The monoisotopic (exact) mass is 252 g/mol. The zero-order chi connectivity index (χ0) is 13.2. The Bertz CT molecular complexity index is 295. The molecule has 0 bridgehead atoms. The fourth-order valence-electron chi connectivity index (χ4n) is 3.20. The molecule has 0 aromatic rings. The van der Waals surface area contributed by atoms with Crippen molar-refractivity contribution in [3.8, 4) is 0 Å². The summed E-state index contributed by atoms with van der Waals surface area (Å²) in [7, 11) is 0. The third-order valence-corrected chi connectivity index (χ3v) is 5.04. The van der Waals surface area contributed by atoms with Gasteiger partial charge in [-0.25, -0.2) is 0 Å². The van der Waals surface area contributed by atoms with Gasteiger partial charge < -0.3 is 10.6 Å². The molecule has 1 unspecified atom stereocenters. The van der Waals surface area contributed by atoms with Crippen LogP contribution in [0.1, 0.15) is 58.8 Å². The molecule has 104 valence electrons. The normalized spacial score (nSPS) is 28.6. The average molecular weight is 252 g/mol. The van der Waals surface area contributed by atoms with Gasteiger partial charge in [0.1, 0.15) is 0 Å². The number of hydrogen-bond acceptors (Lipinski definition) is 2. The lowest BCUT2D eigenvalue weighted by Crippen LogP contribution is -2.54. The predicted octanol–water partition coefficient (Wildman–Crippen LogP) is 2.54. The first-order valence-corrected chi connectivity index (χ1v) is 7.52. The second-order valence-electron chi connectivity index (χ2n) is 6.87. The van der Waals surface area contributed by atoms with E-state index in [4.69, 9.17) is 5.73 Å². The Labute approximate surface area is 111 Å². The number of hydrogen-bond donors (Lipinski definition) is 1. The highest BCUT2D eigenvalue weighted by Crippen LogP contribution is 2.31. The maximum absolute atomic E-state index is 12.2. The van der Waals surface area contributed by atoms with Crippen molar-refractivity contribution >= 4 is 5.91 Å². The van der Waals surface area contributed by atoms with E-state index in [1.807, 2.05) is 4.90 Å². The van der Waals surface area contributed by atoms with Gasteiger partial charge in [0, 0.05) is 25.6 Å². The maximum Gasteiger partial charge on any atom is 0.222 e. The summed E-state index contributed by atoms with van der Waals surface area (Å²) in [5.41, 5.74) is 6.35. The van der Waals surface area contributed by atoms with Gasteiger partial charge in [0.15, 0.2) is 0 Å². The van der Waals surface area contributed by atoms with Gasteiger partial charge >= 0.3 is 0 Å². The minimum absolute atomic E-state index is 0.127. The van der Waals surface area contributed by atoms with E-state index in [1.54, 1.807) is 0 Å². The van der Waals surface area contributed by atoms with E-state index in [-0.39, 0.29) is 11.5 Å². The third-order valence-electron chi connectivity index (χ3n) is 5.04. The van der Waals surface area contributed by atoms with Gasteiger partial charge in [0.25, 0.3) is 0 Å². The Hall–Kier alpha value is -0.570. The molecule has 0 aromatic heterocycles. The molecule has 18 heavy (non-hydrogen) atoms. The first-order valence-electron chi connectivity index (χ1n) is 7.52. The van der Waals surface area contributed by atoms with Crippen molar-refractivity contribution in [2.45, 2.75) is 64.8 Å². The number of carbonyl (C=O) groups is 1. The molecule has 1 amide bonds. The molecule has 0 aromatic carbocycles. The van der Waals surface area contributed by atoms with E-state index < -0.39 is 0 Å². The van der Waals surface area contributed by atoms with Crippen LogP contribution in [0.4, 0.5) is 0 Å². The van der Waals surface area contributed by atoms with Crippen LogP contribution in [0, 0.1) is 11.3 Å². The van der Waals surface area contributed by atoms with Crippen LogP contribution >= 0.6 is 0 Å².